The maximum atomic E-state index is 6.25. The van der Waals surface area contributed by atoms with E-state index in [0.29, 0.717) is 6.04 Å². The number of anilines is 2. The van der Waals surface area contributed by atoms with Crippen molar-refractivity contribution in [3.63, 3.8) is 0 Å². The summed E-state index contributed by atoms with van der Waals surface area (Å²) >= 11 is 2.01. The Balaban J connectivity index is 2.27. The van der Waals surface area contributed by atoms with Crippen molar-refractivity contribution in [2.24, 2.45) is 0 Å². The van der Waals surface area contributed by atoms with Crippen LogP contribution in [-0.2, 0) is 0 Å². The summed E-state index contributed by atoms with van der Waals surface area (Å²) in [6.07, 6.45) is 0.150. The summed E-state index contributed by atoms with van der Waals surface area (Å²) in [7, 11) is 0. The third kappa shape index (κ3) is 2.86. The first kappa shape index (κ1) is 13.4. The zero-order valence-corrected chi connectivity index (χ0v) is 12.2. The van der Waals surface area contributed by atoms with Gasteiger partial charge in [0.05, 0.1) is 17.5 Å². The highest BCUT2D eigenvalue weighted by Gasteiger charge is 2.21. The summed E-state index contributed by atoms with van der Waals surface area (Å²) in [5.74, 6) is 3.13. The number of nitrogen functional groups attached to an aromatic ring is 1. The molecule has 0 saturated carbocycles. The zero-order chi connectivity index (χ0) is 13.1. The van der Waals surface area contributed by atoms with Gasteiger partial charge in [-0.1, -0.05) is 6.07 Å². The lowest BCUT2D eigenvalue weighted by Crippen LogP contribution is -2.40. The first-order valence-corrected chi connectivity index (χ1v) is 7.64. The summed E-state index contributed by atoms with van der Waals surface area (Å²) in [6, 6.07) is 6.59. The van der Waals surface area contributed by atoms with Gasteiger partial charge in [-0.05, 0) is 32.9 Å². The second-order valence-electron chi connectivity index (χ2n) is 4.97. The third-order valence-electron chi connectivity index (χ3n) is 3.08. The Bertz CT molecular complexity index is 409. The normalized spacial score (nSPS) is 20.2. The Morgan fingerprint density at radius 3 is 2.89 bits per heavy atom. The van der Waals surface area contributed by atoms with Crippen LogP contribution in [0, 0.1) is 0 Å². The number of para-hydroxylation sites is 1. The van der Waals surface area contributed by atoms with E-state index in [1.807, 2.05) is 37.7 Å². The highest BCUT2D eigenvalue weighted by Crippen LogP contribution is 2.35. The summed E-state index contributed by atoms with van der Waals surface area (Å²) in [5.41, 5.74) is 8.13. The Morgan fingerprint density at radius 1 is 1.44 bits per heavy atom. The number of nitrogens with zero attached hydrogens (tertiary/aromatic N) is 1. The Hall–Kier alpha value is -1.03. The molecule has 3 nitrogen and oxygen atoms in total. The molecule has 0 aromatic heterocycles. The van der Waals surface area contributed by atoms with Gasteiger partial charge in [-0.15, -0.1) is 0 Å². The summed E-state index contributed by atoms with van der Waals surface area (Å²) in [6.45, 7) is 7.35. The molecule has 0 aliphatic carbocycles. The maximum absolute atomic E-state index is 6.25. The van der Waals surface area contributed by atoms with Crippen molar-refractivity contribution in [3.05, 3.63) is 18.2 Å². The van der Waals surface area contributed by atoms with Crippen molar-refractivity contribution in [2.45, 2.75) is 32.9 Å². The van der Waals surface area contributed by atoms with Gasteiger partial charge in [0.2, 0.25) is 0 Å². The minimum Gasteiger partial charge on any atom is -0.489 e. The molecule has 1 fully saturated rings. The lowest BCUT2D eigenvalue weighted by Gasteiger charge is -2.36. The largest absolute Gasteiger partial charge is 0.489 e. The van der Waals surface area contributed by atoms with Crippen LogP contribution in [0.1, 0.15) is 20.8 Å². The van der Waals surface area contributed by atoms with Crippen LogP contribution in [-0.4, -0.2) is 30.2 Å². The number of nitrogens with two attached hydrogens (primary N) is 1. The maximum Gasteiger partial charge on any atom is 0.144 e. The van der Waals surface area contributed by atoms with E-state index >= 15 is 0 Å². The molecule has 0 spiro atoms. The second kappa shape index (κ2) is 5.74. The molecule has 1 heterocycles. The number of ether oxygens (including phenoxy) is 1. The van der Waals surface area contributed by atoms with Gasteiger partial charge in [0.25, 0.3) is 0 Å². The summed E-state index contributed by atoms with van der Waals surface area (Å²) < 4.78 is 5.75. The van der Waals surface area contributed by atoms with E-state index < -0.39 is 0 Å². The molecule has 1 unspecified atom stereocenters. The smallest absolute Gasteiger partial charge is 0.144 e. The van der Waals surface area contributed by atoms with E-state index in [9.17, 15) is 0 Å². The Labute approximate surface area is 114 Å². The predicted molar refractivity (Wildman–Crippen MR) is 80.8 cm³/mol. The zero-order valence-electron chi connectivity index (χ0n) is 11.3. The molecule has 1 atom stereocenters. The van der Waals surface area contributed by atoms with Crippen LogP contribution in [0.3, 0.4) is 0 Å². The van der Waals surface area contributed by atoms with Gasteiger partial charge < -0.3 is 15.4 Å². The molecular weight excluding hydrogens is 244 g/mol. The number of hydrogen-bond donors (Lipinski definition) is 1. The van der Waals surface area contributed by atoms with Crippen LogP contribution < -0.4 is 15.4 Å². The van der Waals surface area contributed by atoms with E-state index in [2.05, 4.69) is 17.9 Å². The van der Waals surface area contributed by atoms with E-state index in [4.69, 9.17) is 10.5 Å². The van der Waals surface area contributed by atoms with E-state index in [1.165, 1.54) is 5.75 Å². The Kier molecular flexibility index (Phi) is 4.27. The molecule has 2 N–H and O–H groups in total. The highest BCUT2D eigenvalue weighted by atomic mass is 32.2. The molecule has 0 radical (unpaired) electrons. The van der Waals surface area contributed by atoms with Gasteiger partial charge >= 0.3 is 0 Å². The molecule has 0 amide bonds. The van der Waals surface area contributed by atoms with Crippen LogP contribution in [0.25, 0.3) is 0 Å². The molecule has 2 rings (SSSR count). The minimum absolute atomic E-state index is 0.150. The first-order chi connectivity index (χ1) is 8.59. The van der Waals surface area contributed by atoms with Crippen LogP contribution in [0.2, 0.25) is 0 Å². The highest BCUT2D eigenvalue weighted by molar-refractivity contribution is 7.99. The minimum atomic E-state index is 0.150. The van der Waals surface area contributed by atoms with Crippen molar-refractivity contribution in [2.75, 3.05) is 28.7 Å². The fourth-order valence-electron chi connectivity index (χ4n) is 2.22. The Morgan fingerprint density at radius 2 is 2.22 bits per heavy atom. The molecule has 1 aromatic rings. The fraction of sp³-hybridized carbons (Fsp3) is 0.571. The number of benzene rings is 1. The SMILES string of the molecule is CC(C)Oc1cccc(N2CCSCC2C)c1N. The van der Waals surface area contributed by atoms with E-state index in [1.54, 1.807) is 0 Å². The van der Waals surface area contributed by atoms with Crippen molar-refractivity contribution in [3.8, 4) is 5.75 Å². The van der Waals surface area contributed by atoms with Crippen molar-refractivity contribution in [1.82, 2.24) is 0 Å². The topological polar surface area (TPSA) is 38.5 Å². The standard InChI is InChI=1S/C14H22N2OS/c1-10(2)17-13-6-4-5-12(14(13)15)16-7-8-18-9-11(16)3/h4-6,10-11H,7-9,15H2,1-3H3. The second-order valence-corrected chi connectivity index (χ2v) is 6.12. The van der Waals surface area contributed by atoms with Crippen LogP contribution in [0.5, 0.6) is 5.75 Å². The van der Waals surface area contributed by atoms with E-state index in [-0.39, 0.29) is 6.10 Å². The van der Waals surface area contributed by atoms with E-state index in [0.717, 1.165) is 29.4 Å². The summed E-state index contributed by atoms with van der Waals surface area (Å²) in [5, 5.41) is 0. The van der Waals surface area contributed by atoms with Gasteiger partial charge in [0.15, 0.2) is 0 Å². The lowest BCUT2D eigenvalue weighted by molar-refractivity contribution is 0.244. The molecule has 1 aromatic carbocycles. The van der Waals surface area contributed by atoms with Crippen LogP contribution in [0.15, 0.2) is 18.2 Å². The molecule has 4 heteroatoms. The van der Waals surface area contributed by atoms with Gasteiger partial charge in [-0.2, -0.15) is 11.8 Å². The molecule has 1 aliphatic heterocycles. The average Bonchev–Trinajstić information content (AvgIpc) is 2.32. The first-order valence-electron chi connectivity index (χ1n) is 6.49. The summed E-state index contributed by atoms with van der Waals surface area (Å²) in [4.78, 5) is 2.39. The van der Waals surface area contributed by atoms with Gasteiger partial charge in [-0.25, -0.2) is 0 Å². The average molecular weight is 266 g/mol. The third-order valence-corrected chi connectivity index (χ3v) is 4.27. The van der Waals surface area contributed by atoms with Gasteiger partial charge in [0.1, 0.15) is 5.75 Å². The fourth-order valence-corrected chi connectivity index (χ4v) is 3.24. The van der Waals surface area contributed by atoms with Crippen LogP contribution in [0.4, 0.5) is 11.4 Å². The molecule has 0 bridgehead atoms. The predicted octanol–water partition coefficient (Wildman–Crippen LogP) is 3.00. The van der Waals surface area contributed by atoms with Crippen molar-refractivity contribution in [1.29, 1.82) is 0 Å². The van der Waals surface area contributed by atoms with Crippen molar-refractivity contribution < 1.29 is 4.74 Å². The monoisotopic (exact) mass is 266 g/mol. The quantitative estimate of drug-likeness (QED) is 0.854. The molecule has 1 saturated heterocycles. The molecule has 100 valence electrons. The molecule has 18 heavy (non-hydrogen) atoms. The number of thioether (sulfide) groups is 1. The molecule has 1 aliphatic rings. The van der Waals surface area contributed by atoms with Crippen LogP contribution >= 0.6 is 11.8 Å². The van der Waals surface area contributed by atoms with Gasteiger partial charge in [-0.3, -0.25) is 0 Å². The molecular formula is C14H22N2OS. The lowest BCUT2D eigenvalue weighted by atomic mass is 10.2. The number of hydrogen-bond acceptors (Lipinski definition) is 4. The van der Waals surface area contributed by atoms with Gasteiger partial charge in [0, 0.05) is 24.1 Å². The van der Waals surface area contributed by atoms with Crippen molar-refractivity contribution >= 4 is 23.1 Å². The number of rotatable bonds is 3.